The summed E-state index contributed by atoms with van der Waals surface area (Å²) in [5, 5.41) is 0. The van der Waals surface area contributed by atoms with Gasteiger partial charge in [0.1, 0.15) is 0 Å². The lowest BCUT2D eigenvalue weighted by Crippen LogP contribution is -2.36. The summed E-state index contributed by atoms with van der Waals surface area (Å²) in [6.45, 7) is 5.04. The Hall–Kier alpha value is -2.31. The number of hydrogen-bond donors (Lipinski definition) is 1. The molecule has 2 aromatic heterocycles. The molecule has 0 radical (unpaired) electrons. The van der Waals surface area contributed by atoms with Gasteiger partial charge in [0.15, 0.2) is 0 Å². The van der Waals surface area contributed by atoms with Crippen LogP contribution in [0.1, 0.15) is 29.2 Å². The highest BCUT2D eigenvalue weighted by Crippen LogP contribution is 2.12. The van der Waals surface area contributed by atoms with E-state index in [1.807, 2.05) is 50.2 Å². The van der Waals surface area contributed by atoms with E-state index in [2.05, 4.69) is 9.97 Å². The summed E-state index contributed by atoms with van der Waals surface area (Å²) >= 11 is 0. The Morgan fingerprint density at radius 1 is 1.08 bits per heavy atom. The van der Waals surface area contributed by atoms with Crippen LogP contribution in [-0.4, -0.2) is 40.5 Å². The van der Waals surface area contributed by atoms with Crippen molar-refractivity contribution in [2.75, 3.05) is 13.7 Å². The van der Waals surface area contributed by atoms with Crippen molar-refractivity contribution < 1.29 is 9.53 Å². The van der Waals surface area contributed by atoms with Gasteiger partial charge in [-0.05, 0) is 38.1 Å². The number of aromatic nitrogens is 2. The Balaban J connectivity index is 2.19. The molecule has 1 amide bonds. The summed E-state index contributed by atoms with van der Waals surface area (Å²) in [6, 6.07) is 11.6. The zero-order chi connectivity index (χ0) is 18.2. The quantitative estimate of drug-likeness (QED) is 0.793. The van der Waals surface area contributed by atoms with Gasteiger partial charge in [-0.3, -0.25) is 14.8 Å². The van der Waals surface area contributed by atoms with Gasteiger partial charge in [0.2, 0.25) is 5.91 Å². The van der Waals surface area contributed by atoms with E-state index in [-0.39, 0.29) is 18.4 Å². The molecule has 1 atom stereocenters. The van der Waals surface area contributed by atoms with Crippen molar-refractivity contribution in [3.05, 3.63) is 59.2 Å². The highest BCUT2D eigenvalue weighted by atomic mass is 16.5. The zero-order valence-corrected chi connectivity index (χ0v) is 15.1. The van der Waals surface area contributed by atoms with E-state index in [1.165, 1.54) is 0 Å². The van der Waals surface area contributed by atoms with Crippen LogP contribution >= 0.6 is 0 Å². The number of methoxy groups -OCH3 is 1. The molecular weight excluding hydrogens is 316 g/mol. The first-order chi connectivity index (χ1) is 12.0. The molecule has 25 heavy (non-hydrogen) atoms. The third kappa shape index (κ3) is 5.92. The second kappa shape index (κ2) is 9.25. The van der Waals surface area contributed by atoms with Crippen LogP contribution in [0, 0.1) is 13.8 Å². The van der Waals surface area contributed by atoms with E-state index in [1.54, 1.807) is 12.0 Å². The minimum absolute atomic E-state index is 0.0242. The number of amides is 1. The van der Waals surface area contributed by atoms with Crippen LogP contribution in [0.5, 0.6) is 0 Å². The van der Waals surface area contributed by atoms with Crippen molar-refractivity contribution in [2.24, 2.45) is 5.73 Å². The summed E-state index contributed by atoms with van der Waals surface area (Å²) in [4.78, 5) is 23.5. The number of nitrogens with two attached hydrogens (primary N) is 1. The second-order valence-corrected chi connectivity index (χ2v) is 6.09. The smallest absolute Gasteiger partial charge is 0.225 e. The summed E-state index contributed by atoms with van der Waals surface area (Å²) in [7, 11) is 1.57. The lowest BCUT2D eigenvalue weighted by Gasteiger charge is -2.24. The Kier molecular flexibility index (Phi) is 7.03. The monoisotopic (exact) mass is 342 g/mol. The van der Waals surface area contributed by atoms with Gasteiger partial charge in [0.05, 0.1) is 37.0 Å². The number of carbonyl (C=O) groups is 1. The molecule has 0 aliphatic rings. The van der Waals surface area contributed by atoms with Crippen LogP contribution in [0.2, 0.25) is 0 Å². The SMILES string of the molecule is COC(CN)CC(=O)N(Cc1cccc(C)n1)Cc1cccc(C)n1. The van der Waals surface area contributed by atoms with Gasteiger partial charge in [-0.1, -0.05) is 12.1 Å². The summed E-state index contributed by atoms with van der Waals surface area (Å²) in [6.07, 6.45) is -0.0455. The standard InChI is InChI=1S/C19H26N4O2/c1-14-6-4-8-16(21-14)12-23(19(24)10-18(11-20)25-3)13-17-9-5-7-15(2)22-17/h4-9,18H,10-13,20H2,1-3H3. The van der Waals surface area contributed by atoms with Crippen LogP contribution in [-0.2, 0) is 22.6 Å². The molecule has 6 heteroatoms. The fourth-order valence-electron chi connectivity index (χ4n) is 2.59. The van der Waals surface area contributed by atoms with Crippen LogP contribution in [0.25, 0.3) is 0 Å². The molecule has 0 aliphatic heterocycles. The maximum absolute atomic E-state index is 12.8. The van der Waals surface area contributed by atoms with Gasteiger partial charge in [-0.25, -0.2) is 0 Å². The zero-order valence-electron chi connectivity index (χ0n) is 15.1. The molecular formula is C19H26N4O2. The van der Waals surface area contributed by atoms with Crippen LogP contribution in [0.4, 0.5) is 0 Å². The van der Waals surface area contributed by atoms with Crippen molar-refractivity contribution in [3.8, 4) is 0 Å². The number of carbonyl (C=O) groups excluding carboxylic acids is 1. The molecule has 0 bridgehead atoms. The molecule has 0 aromatic carbocycles. The minimum atomic E-state index is -0.286. The minimum Gasteiger partial charge on any atom is -0.380 e. The molecule has 2 heterocycles. The van der Waals surface area contributed by atoms with Crippen molar-refractivity contribution in [1.82, 2.24) is 14.9 Å². The largest absolute Gasteiger partial charge is 0.380 e. The molecule has 0 saturated heterocycles. The Bertz CT molecular complexity index is 654. The number of ether oxygens (including phenoxy) is 1. The summed E-state index contributed by atoms with van der Waals surface area (Å²) in [5.41, 5.74) is 9.21. The summed E-state index contributed by atoms with van der Waals surface area (Å²) in [5.74, 6) is -0.0242. The molecule has 1 unspecified atom stereocenters. The highest BCUT2D eigenvalue weighted by Gasteiger charge is 2.20. The molecule has 134 valence electrons. The second-order valence-electron chi connectivity index (χ2n) is 6.09. The van der Waals surface area contributed by atoms with Crippen molar-refractivity contribution in [1.29, 1.82) is 0 Å². The number of rotatable bonds is 8. The van der Waals surface area contributed by atoms with E-state index in [0.29, 0.717) is 19.6 Å². The molecule has 0 aliphatic carbocycles. The van der Waals surface area contributed by atoms with Gasteiger partial charge in [0, 0.05) is 25.0 Å². The predicted molar refractivity (Wildman–Crippen MR) is 96.7 cm³/mol. The van der Waals surface area contributed by atoms with Crippen molar-refractivity contribution in [3.63, 3.8) is 0 Å². The molecule has 2 aromatic rings. The first-order valence-corrected chi connectivity index (χ1v) is 8.37. The van der Waals surface area contributed by atoms with E-state index in [0.717, 1.165) is 22.8 Å². The van der Waals surface area contributed by atoms with E-state index >= 15 is 0 Å². The highest BCUT2D eigenvalue weighted by molar-refractivity contribution is 5.76. The number of aryl methyl sites for hydroxylation is 2. The topological polar surface area (TPSA) is 81.3 Å². The molecule has 6 nitrogen and oxygen atoms in total. The van der Waals surface area contributed by atoms with Crippen molar-refractivity contribution in [2.45, 2.75) is 39.5 Å². The van der Waals surface area contributed by atoms with Gasteiger partial charge in [-0.15, -0.1) is 0 Å². The molecule has 0 fully saturated rings. The molecule has 0 spiro atoms. The van der Waals surface area contributed by atoms with Gasteiger partial charge in [-0.2, -0.15) is 0 Å². The molecule has 2 rings (SSSR count). The maximum atomic E-state index is 12.8. The Morgan fingerprint density at radius 3 is 2.00 bits per heavy atom. The predicted octanol–water partition coefficient (Wildman–Crippen LogP) is 1.99. The summed E-state index contributed by atoms with van der Waals surface area (Å²) < 4.78 is 5.26. The fourth-order valence-corrected chi connectivity index (χ4v) is 2.59. The third-order valence-electron chi connectivity index (χ3n) is 3.95. The average Bonchev–Trinajstić information content (AvgIpc) is 2.59. The van der Waals surface area contributed by atoms with E-state index in [9.17, 15) is 4.79 Å². The maximum Gasteiger partial charge on any atom is 0.225 e. The lowest BCUT2D eigenvalue weighted by atomic mass is 10.2. The molecule has 0 saturated carbocycles. The number of nitrogens with zero attached hydrogens (tertiary/aromatic N) is 3. The van der Waals surface area contributed by atoms with E-state index < -0.39 is 0 Å². The number of pyridine rings is 2. The van der Waals surface area contributed by atoms with Crippen LogP contribution < -0.4 is 5.73 Å². The molecule has 2 N–H and O–H groups in total. The fraction of sp³-hybridized carbons (Fsp3) is 0.421. The first-order valence-electron chi connectivity index (χ1n) is 8.37. The normalized spacial score (nSPS) is 12.0. The van der Waals surface area contributed by atoms with Gasteiger partial charge >= 0.3 is 0 Å². The lowest BCUT2D eigenvalue weighted by molar-refractivity contribution is -0.135. The van der Waals surface area contributed by atoms with Crippen LogP contribution in [0.3, 0.4) is 0 Å². The third-order valence-corrected chi connectivity index (χ3v) is 3.95. The average molecular weight is 342 g/mol. The first kappa shape index (κ1) is 19.0. The van der Waals surface area contributed by atoms with Crippen LogP contribution in [0.15, 0.2) is 36.4 Å². The van der Waals surface area contributed by atoms with Gasteiger partial charge in [0.25, 0.3) is 0 Å². The van der Waals surface area contributed by atoms with Gasteiger partial charge < -0.3 is 15.4 Å². The van der Waals surface area contributed by atoms with E-state index in [4.69, 9.17) is 10.5 Å². The number of hydrogen-bond acceptors (Lipinski definition) is 5. The van der Waals surface area contributed by atoms with Crippen molar-refractivity contribution >= 4 is 5.91 Å². The Labute approximate surface area is 149 Å². The Morgan fingerprint density at radius 2 is 1.60 bits per heavy atom.